The van der Waals surface area contributed by atoms with Gasteiger partial charge >= 0.3 is 6.04 Å². The summed E-state index contributed by atoms with van der Waals surface area (Å²) >= 11 is 0. The molecule has 0 saturated carbocycles. The molecule has 3 heteroatoms. The summed E-state index contributed by atoms with van der Waals surface area (Å²) in [6, 6.07) is -2.24. The van der Waals surface area contributed by atoms with Crippen LogP contribution in [-0.2, 0) is 9.47 Å². The standard InChI is InChI=1S/C14H17FO2/c1-5-14(15)16-11-7-6-8-13(4,10(2)3)9-12(11)17-14/h5-10H,1H2,2-4H3. The van der Waals surface area contributed by atoms with Gasteiger partial charge in [0, 0.05) is 11.5 Å². The minimum absolute atomic E-state index is 0.177. The SMILES string of the molecule is C=CC1(F)OC2=CC=CC(C)(C(C)C)C=C2O1. The summed E-state index contributed by atoms with van der Waals surface area (Å²) in [6.07, 6.45) is 8.56. The van der Waals surface area contributed by atoms with Gasteiger partial charge in [-0.2, -0.15) is 4.39 Å². The average Bonchev–Trinajstić information content (AvgIpc) is 2.47. The third kappa shape index (κ3) is 2.02. The second-order valence-electron chi connectivity index (χ2n) is 4.91. The first-order valence-electron chi connectivity index (χ1n) is 5.72. The van der Waals surface area contributed by atoms with Crippen LogP contribution >= 0.6 is 0 Å². The van der Waals surface area contributed by atoms with Crippen LogP contribution in [0.1, 0.15) is 20.8 Å². The normalized spacial score (nSPS) is 35.4. The van der Waals surface area contributed by atoms with Crippen molar-refractivity contribution in [3.05, 3.63) is 48.5 Å². The number of hydrogen-bond acceptors (Lipinski definition) is 2. The van der Waals surface area contributed by atoms with Crippen molar-refractivity contribution in [3.8, 4) is 0 Å². The topological polar surface area (TPSA) is 18.5 Å². The quantitative estimate of drug-likeness (QED) is 0.678. The van der Waals surface area contributed by atoms with Crippen LogP contribution in [0.25, 0.3) is 0 Å². The molecule has 0 radical (unpaired) electrons. The van der Waals surface area contributed by atoms with E-state index >= 15 is 0 Å². The van der Waals surface area contributed by atoms with Crippen molar-refractivity contribution in [1.29, 1.82) is 0 Å². The lowest BCUT2D eigenvalue weighted by Gasteiger charge is -2.26. The van der Waals surface area contributed by atoms with E-state index in [2.05, 4.69) is 33.4 Å². The summed E-state index contributed by atoms with van der Waals surface area (Å²) in [5.74, 6) is 1.22. The van der Waals surface area contributed by atoms with Gasteiger partial charge in [0.1, 0.15) is 0 Å². The number of allylic oxidation sites excluding steroid dienone is 4. The van der Waals surface area contributed by atoms with E-state index in [9.17, 15) is 4.39 Å². The maximum atomic E-state index is 13.9. The molecule has 0 aromatic heterocycles. The number of hydrogen-bond donors (Lipinski definition) is 0. The van der Waals surface area contributed by atoms with Crippen LogP contribution in [-0.4, -0.2) is 6.04 Å². The molecular formula is C14H17FO2. The zero-order valence-corrected chi connectivity index (χ0v) is 10.4. The Morgan fingerprint density at radius 1 is 1.35 bits per heavy atom. The summed E-state index contributed by atoms with van der Waals surface area (Å²) in [5.41, 5.74) is -0.177. The van der Waals surface area contributed by atoms with Crippen molar-refractivity contribution >= 4 is 0 Å². The molecule has 1 heterocycles. The highest BCUT2D eigenvalue weighted by molar-refractivity contribution is 5.35. The van der Waals surface area contributed by atoms with Crippen LogP contribution in [0.3, 0.4) is 0 Å². The van der Waals surface area contributed by atoms with Crippen molar-refractivity contribution in [3.63, 3.8) is 0 Å². The molecule has 17 heavy (non-hydrogen) atoms. The molecule has 0 N–H and O–H groups in total. The highest BCUT2D eigenvalue weighted by Gasteiger charge is 2.43. The minimum Gasteiger partial charge on any atom is -0.420 e. The number of halogens is 1. The third-order valence-electron chi connectivity index (χ3n) is 3.37. The second kappa shape index (κ2) is 3.76. The Kier molecular flexibility index (Phi) is 2.64. The van der Waals surface area contributed by atoms with Gasteiger partial charge in [0.2, 0.25) is 0 Å². The van der Waals surface area contributed by atoms with E-state index in [1.165, 1.54) is 0 Å². The fourth-order valence-corrected chi connectivity index (χ4v) is 1.75. The first-order chi connectivity index (χ1) is 7.88. The van der Waals surface area contributed by atoms with Crippen LogP contribution in [0.2, 0.25) is 0 Å². The van der Waals surface area contributed by atoms with Gasteiger partial charge in [0.25, 0.3) is 0 Å². The number of fused-ring (bicyclic) bond motifs is 1. The Morgan fingerprint density at radius 3 is 2.59 bits per heavy atom. The zero-order chi connectivity index (χ0) is 12.7. The summed E-state index contributed by atoms with van der Waals surface area (Å²) in [4.78, 5) is 0. The summed E-state index contributed by atoms with van der Waals surface area (Å²) in [6.45, 7) is 9.67. The zero-order valence-electron chi connectivity index (χ0n) is 10.4. The van der Waals surface area contributed by atoms with Gasteiger partial charge < -0.3 is 9.47 Å². The van der Waals surface area contributed by atoms with Crippen LogP contribution in [0.15, 0.2) is 48.5 Å². The Hall–Kier alpha value is -1.51. The molecule has 0 aromatic carbocycles. The van der Waals surface area contributed by atoms with Crippen LogP contribution in [0.4, 0.5) is 4.39 Å². The third-order valence-corrected chi connectivity index (χ3v) is 3.37. The van der Waals surface area contributed by atoms with Crippen LogP contribution < -0.4 is 0 Å². The predicted octanol–water partition coefficient (Wildman–Crippen LogP) is 3.84. The van der Waals surface area contributed by atoms with Crippen molar-refractivity contribution in [1.82, 2.24) is 0 Å². The molecule has 2 nitrogen and oxygen atoms in total. The predicted molar refractivity (Wildman–Crippen MR) is 64.5 cm³/mol. The molecule has 2 atom stereocenters. The largest absolute Gasteiger partial charge is 0.429 e. The molecule has 1 aliphatic carbocycles. The lowest BCUT2D eigenvalue weighted by Crippen LogP contribution is -2.20. The maximum Gasteiger partial charge on any atom is 0.429 e. The first kappa shape index (κ1) is 12.0. The van der Waals surface area contributed by atoms with Crippen molar-refractivity contribution in [2.45, 2.75) is 26.8 Å². The first-order valence-corrected chi connectivity index (χ1v) is 5.72. The van der Waals surface area contributed by atoms with E-state index in [1.54, 1.807) is 6.08 Å². The molecular weight excluding hydrogens is 219 g/mol. The summed E-state index contributed by atoms with van der Waals surface area (Å²) < 4.78 is 24.1. The Labute approximate surface area is 101 Å². The number of alkyl halides is 1. The van der Waals surface area contributed by atoms with E-state index in [-0.39, 0.29) is 5.41 Å². The molecule has 0 spiro atoms. The molecule has 1 fully saturated rings. The van der Waals surface area contributed by atoms with E-state index in [0.29, 0.717) is 17.4 Å². The van der Waals surface area contributed by atoms with E-state index in [0.717, 1.165) is 6.08 Å². The lowest BCUT2D eigenvalue weighted by atomic mass is 9.78. The highest BCUT2D eigenvalue weighted by atomic mass is 19.2. The van der Waals surface area contributed by atoms with Crippen LogP contribution in [0.5, 0.6) is 0 Å². The Morgan fingerprint density at radius 2 is 2.00 bits per heavy atom. The van der Waals surface area contributed by atoms with Gasteiger partial charge in [-0.05, 0) is 18.1 Å². The molecule has 2 aliphatic rings. The van der Waals surface area contributed by atoms with Gasteiger partial charge in [-0.3, -0.25) is 0 Å². The molecule has 2 unspecified atom stereocenters. The molecule has 1 aliphatic heterocycles. The molecule has 92 valence electrons. The highest BCUT2D eigenvalue weighted by Crippen LogP contribution is 2.42. The van der Waals surface area contributed by atoms with E-state index < -0.39 is 6.04 Å². The summed E-state index contributed by atoms with van der Waals surface area (Å²) in [5, 5.41) is 0. The Balaban J connectivity index is 2.40. The lowest BCUT2D eigenvalue weighted by molar-refractivity contribution is -0.196. The smallest absolute Gasteiger partial charge is 0.420 e. The molecule has 0 amide bonds. The second-order valence-corrected chi connectivity index (χ2v) is 4.91. The maximum absolute atomic E-state index is 13.9. The molecule has 0 aromatic rings. The van der Waals surface area contributed by atoms with Gasteiger partial charge in [-0.15, -0.1) is 0 Å². The van der Waals surface area contributed by atoms with Gasteiger partial charge in [-0.25, -0.2) is 0 Å². The molecule has 2 rings (SSSR count). The van der Waals surface area contributed by atoms with Gasteiger partial charge in [0.15, 0.2) is 11.5 Å². The van der Waals surface area contributed by atoms with E-state index in [1.807, 2.05) is 12.2 Å². The van der Waals surface area contributed by atoms with E-state index in [4.69, 9.17) is 9.47 Å². The Bertz CT molecular complexity index is 434. The number of rotatable bonds is 2. The van der Waals surface area contributed by atoms with Crippen molar-refractivity contribution in [2.75, 3.05) is 0 Å². The van der Waals surface area contributed by atoms with Gasteiger partial charge in [-0.1, -0.05) is 39.5 Å². The van der Waals surface area contributed by atoms with Crippen LogP contribution in [0, 0.1) is 11.3 Å². The monoisotopic (exact) mass is 236 g/mol. The average molecular weight is 236 g/mol. The van der Waals surface area contributed by atoms with Crippen molar-refractivity contribution in [2.24, 2.45) is 11.3 Å². The minimum atomic E-state index is -2.24. The molecule has 0 bridgehead atoms. The molecule has 1 saturated heterocycles. The van der Waals surface area contributed by atoms with Crippen molar-refractivity contribution < 1.29 is 13.9 Å². The summed E-state index contributed by atoms with van der Waals surface area (Å²) in [7, 11) is 0. The fraction of sp³-hybridized carbons (Fsp3) is 0.429. The number of ether oxygens (including phenoxy) is 2. The van der Waals surface area contributed by atoms with Gasteiger partial charge in [0.05, 0.1) is 0 Å². The fourth-order valence-electron chi connectivity index (χ4n) is 1.75.